The maximum Gasteiger partial charge on any atom is 0.282 e. The standard InChI is InChI=1S/C24H24N4O4/c1-4-12-27-14-18(23(29)25-20-11-10-17(31-2)13-21(20)32-3)22-19(15-27)24(30)28(26-22)16-8-6-5-7-9-16/h5-11,13-15H,4,12H2,1-3H3,(H,25,29). The van der Waals surface area contributed by atoms with Crippen LogP contribution >= 0.6 is 0 Å². The van der Waals surface area contributed by atoms with Crippen molar-refractivity contribution in [1.82, 2.24) is 14.3 Å². The topological polar surface area (TPSA) is 87.4 Å². The third-order valence-electron chi connectivity index (χ3n) is 5.11. The Labute approximate surface area is 185 Å². The summed E-state index contributed by atoms with van der Waals surface area (Å²) in [5.41, 5.74) is 1.89. The molecule has 0 aliphatic carbocycles. The van der Waals surface area contributed by atoms with Gasteiger partial charge in [0.05, 0.1) is 36.7 Å². The molecule has 0 atom stereocenters. The molecule has 0 saturated heterocycles. The number of hydrogen-bond acceptors (Lipinski definition) is 5. The van der Waals surface area contributed by atoms with Crippen molar-refractivity contribution < 1.29 is 14.3 Å². The first-order valence-corrected chi connectivity index (χ1v) is 10.3. The monoisotopic (exact) mass is 432 g/mol. The lowest BCUT2D eigenvalue weighted by Crippen LogP contribution is -2.18. The van der Waals surface area contributed by atoms with Crippen molar-refractivity contribution in [3.8, 4) is 28.4 Å². The number of anilines is 1. The number of fused-ring (bicyclic) bond motifs is 1. The molecule has 2 aromatic carbocycles. The average molecular weight is 432 g/mol. The number of aryl methyl sites for hydroxylation is 1. The smallest absolute Gasteiger partial charge is 0.282 e. The Hall–Kier alpha value is -4.07. The molecule has 0 radical (unpaired) electrons. The van der Waals surface area contributed by atoms with E-state index in [9.17, 15) is 9.59 Å². The maximum absolute atomic E-state index is 13.3. The number of amides is 1. The number of benzene rings is 2. The van der Waals surface area contributed by atoms with Gasteiger partial charge in [0.15, 0.2) is 0 Å². The summed E-state index contributed by atoms with van der Waals surface area (Å²) in [5, 5.41) is 7.37. The number of rotatable bonds is 7. The minimum Gasteiger partial charge on any atom is -0.497 e. The van der Waals surface area contributed by atoms with Crippen LogP contribution in [0.2, 0.25) is 0 Å². The number of ether oxygens (including phenoxy) is 2. The Balaban J connectivity index is 1.80. The van der Waals surface area contributed by atoms with Crippen molar-refractivity contribution in [1.29, 1.82) is 0 Å². The first-order valence-electron chi connectivity index (χ1n) is 10.3. The Morgan fingerprint density at radius 2 is 1.84 bits per heavy atom. The number of carbonyl (C=O) groups excluding carboxylic acids is 1. The molecule has 8 heteroatoms. The molecule has 1 N–H and O–H groups in total. The number of hydrogen-bond donors (Lipinski definition) is 1. The fraction of sp³-hybridized carbons (Fsp3) is 0.208. The molecular weight excluding hydrogens is 408 g/mol. The van der Waals surface area contributed by atoms with Gasteiger partial charge in [-0.1, -0.05) is 25.1 Å². The Morgan fingerprint density at radius 3 is 2.53 bits per heavy atom. The van der Waals surface area contributed by atoms with Crippen LogP contribution in [-0.4, -0.2) is 34.5 Å². The zero-order chi connectivity index (χ0) is 22.7. The summed E-state index contributed by atoms with van der Waals surface area (Å²) < 4.78 is 13.8. The Bertz CT molecular complexity index is 1280. The summed E-state index contributed by atoms with van der Waals surface area (Å²) in [7, 11) is 3.08. The van der Waals surface area contributed by atoms with E-state index in [1.165, 1.54) is 11.8 Å². The van der Waals surface area contributed by atoms with E-state index >= 15 is 0 Å². The predicted molar refractivity (Wildman–Crippen MR) is 122 cm³/mol. The molecule has 8 nitrogen and oxygen atoms in total. The third kappa shape index (κ3) is 3.94. The molecule has 164 valence electrons. The van der Waals surface area contributed by atoms with Crippen molar-refractivity contribution in [2.75, 3.05) is 19.5 Å². The highest BCUT2D eigenvalue weighted by Crippen LogP contribution is 2.30. The normalized spacial score (nSPS) is 10.8. The van der Waals surface area contributed by atoms with Gasteiger partial charge in [-0.25, -0.2) is 0 Å². The van der Waals surface area contributed by atoms with Gasteiger partial charge in [-0.3, -0.25) is 9.59 Å². The lowest BCUT2D eigenvalue weighted by molar-refractivity contribution is 0.102. The van der Waals surface area contributed by atoms with Crippen molar-refractivity contribution >= 4 is 11.6 Å². The van der Waals surface area contributed by atoms with Crippen LogP contribution in [0.4, 0.5) is 5.69 Å². The number of nitrogens with zero attached hydrogens (tertiary/aromatic N) is 3. The predicted octanol–water partition coefficient (Wildman–Crippen LogP) is 3.82. The van der Waals surface area contributed by atoms with Gasteiger partial charge in [0.25, 0.3) is 11.5 Å². The van der Waals surface area contributed by atoms with Gasteiger partial charge in [-0.2, -0.15) is 9.78 Å². The second kappa shape index (κ2) is 8.97. The van der Waals surface area contributed by atoms with E-state index in [0.717, 1.165) is 6.42 Å². The maximum atomic E-state index is 13.3. The summed E-state index contributed by atoms with van der Waals surface area (Å²) >= 11 is 0. The molecule has 4 rings (SSSR count). The molecule has 1 amide bonds. The molecule has 2 aromatic rings. The van der Waals surface area contributed by atoms with Gasteiger partial charge in [0.1, 0.15) is 17.2 Å². The summed E-state index contributed by atoms with van der Waals surface area (Å²) in [6.45, 7) is 2.70. The van der Waals surface area contributed by atoms with Crippen LogP contribution in [0.25, 0.3) is 16.9 Å². The van der Waals surface area contributed by atoms with E-state index in [1.807, 2.05) is 29.7 Å². The molecule has 0 bridgehead atoms. The number of carbonyl (C=O) groups is 1. The highest BCUT2D eigenvalue weighted by molar-refractivity contribution is 6.08. The van der Waals surface area contributed by atoms with Gasteiger partial charge >= 0.3 is 0 Å². The van der Waals surface area contributed by atoms with E-state index < -0.39 is 0 Å². The lowest BCUT2D eigenvalue weighted by Gasteiger charge is -2.14. The molecule has 0 saturated carbocycles. The number of aromatic nitrogens is 3. The SMILES string of the molecule is CCCn1cc(C(=O)Nc2ccc(OC)cc2OC)c2nn(-c3ccccc3)c(=O)c-2c1. The number of nitrogens with one attached hydrogen (secondary N) is 1. The minimum atomic E-state index is -0.387. The second-order valence-electron chi connectivity index (χ2n) is 7.24. The summed E-state index contributed by atoms with van der Waals surface area (Å²) in [4.78, 5) is 26.4. The van der Waals surface area contributed by atoms with Crippen LogP contribution in [0, 0.1) is 0 Å². The molecule has 0 aromatic heterocycles. The van der Waals surface area contributed by atoms with E-state index in [-0.39, 0.29) is 11.5 Å². The van der Waals surface area contributed by atoms with Gasteiger partial charge in [0, 0.05) is 25.0 Å². The number of pyridine rings is 1. The van der Waals surface area contributed by atoms with Gasteiger partial charge in [0.2, 0.25) is 0 Å². The molecule has 2 heterocycles. The third-order valence-corrected chi connectivity index (χ3v) is 5.11. The van der Waals surface area contributed by atoms with Gasteiger partial charge < -0.3 is 19.4 Å². The van der Waals surface area contributed by atoms with E-state index in [0.29, 0.717) is 46.2 Å². The molecule has 2 aliphatic heterocycles. The van der Waals surface area contributed by atoms with Gasteiger partial charge in [-0.15, -0.1) is 0 Å². The zero-order valence-electron chi connectivity index (χ0n) is 18.2. The van der Waals surface area contributed by atoms with Crippen LogP contribution in [-0.2, 0) is 6.54 Å². The second-order valence-corrected chi connectivity index (χ2v) is 7.24. The van der Waals surface area contributed by atoms with Crippen molar-refractivity contribution in [2.24, 2.45) is 0 Å². The van der Waals surface area contributed by atoms with Crippen LogP contribution < -0.4 is 20.3 Å². The Kier molecular flexibility index (Phi) is 5.93. The van der Waals surface area contributed by atoms with Crippen LogP contribution in [0.5, 0.6) is 11.5 Å². The largest absolute Gasteiger partial charge is 0.497 e. The van der Waals surface area contributed by atoms with Crippen molar-refractivity contribution in [3.63, 3.8) is 0 Å². The highest BCUT2D eigenvalue weighted by Gasteiger charge is 2.25. The van der Waals surface area contributed by atoms with E-state index in [2.05, 4.69) is 10.4 Å². The summed E-state index contributed by atoms with van der Waals surface area (Å²) in [6.07, 6.45) is 4.32. The fourth-order valence-electron chi connectivity index (χ4n) is 3.55. The highest BCUT2D eigenvalue weighted by atomic mass is 16.5. The summed E-state index contributed by atoms with van der Waals surface area (Å²) in [6, 6.07) is 14.3. The lowest BCUT2D eigenvalue weighted by atomic mass is 10.1. The molecular formula is C24H24N4O4. The zero-order valence-corrected chi connectivity index (χ0v) is 18.2. The molecule has 0 fully saturated rings. The molecule has 2 aliphatic rings. The molecule has 0 unspecified atom stereocenters. The van der Waals surface area contributed by atoms with Crippen LogP contribution in [0.15, 0.2) is 65.7 Å². The average Bonchev–Trinajstić information content (AvgIpc) is 3.16. The first kappa shape index (κ1) is 21.2. The Morgan fingerprint density at radius 1 is 1.06 bits per heavy atom. The fourth-order valence-corrected chi connectivity index (χ4v) is 3.55. The van der Waals surface area contributed by atoms with Crippen LogP contribution in [0.1, 0.15) is 23.7 Å². The van der Waals surface area contributed by atoms with E-state index in [1.54, 1.807) is 49.8 Å². The van der Waals surface area contributed by atoms with Crippen LogP contribution in [0.3, 0.4) is 0 Å². The number of para-hydroxylation sites is 1. The van der Waals surface area contributed by atoms with Gasteiger partial charge in [-0.05, 0) is 30.7 Å². The van der Waals surface area contributed by atoms with Crippen molar-refractivity contribution in [2.45, 2.75) is 19.9 Å². The van der Waals surface area contributed by atoms with E-state index in [4.69, 9.17) is 9.47 Å². The molecule has 0 spiro atoms. The first-order chi connectivity index (χ1) is 15.5. The summed E-state index contributed by atoms with van der Waals surface area (Å²) in [5.74, 6) is 0.688. The minimum absolute atomic E-state index is 0.271. The van der Waals surface area contributed by atoms with Crippen molar-refractivity contribution in [3.05, 3.63) is 76.8 Å². The number of methoxy groups -OCH3 is 2. The molecule has 32 heavy (non-hydrogen) atoms. The quantitative estimate of drug-likeness (QED) is 0.480.